The van der Waals surface area contributed by atoms with E-state index in [2.05, 4.69) is 0 Å². The quantitative estimate of drug-likeness (QED) is 0.694. The molecule has 0 spiro atoms. The van der Waals surface area contributed by atoms with E-state index in [1.165, 1.54) is 0 Å². The summed E-state index contributed by atoms with van der Waals surface area (Å²) in [5.41, 5.74) is -2.23. The van der Waals surface area contributed by atoms with Gasteiger partial charge in [-0.25, -0.2) is 8.42 Å². The molecule has 1 aliphatic rings. The summed E-state index contributed by atoms with van der Waals surface area (Å²) >= 11 is 0. The highest BCUT2D eigenvalue weighted by Gasteiger charge is 2.65. The topological polar surface area (TPSA) is 66.4 Å². The zero-order valence-corrected chi connectivity index (χ0v) is 9.36. The Hall–Kier alpha value is -0.340. The molecule has 1 aliphatic carbocycles. The Kier molecular flexibility index (Phi) is 3.86. The van der Waals surface area contributed by atoms with Crippen LogP contribution < -0.4 is 4.72 Å². The third-order valence-electron chi connectivity index (χ3n) is 2.46. The van der Waals surface area contributed by atoms with Crippen LogP contribution >= 0.6 is 0 Å². The van der Waals surface area contributed by atoms with Gasteiger partial charge >= 0.3 is 6.18 Å². The first-order chi connectivity index (χ1) is 7.22. The molecule has 0 aromatic heterocycles. The zero-order valence-electron chi connectivity index (χ0n) is 8.55. The van der Waals surface area contributed by atoms with Crippen molar-refractivity contribution in [2.75, 3.05) is 12.4 Å². The number of aliphatic hydroxyl groups excluding tert-OH is 1. The summed E-state index contributed by atoms with van der Waals surface area (Å²) in [7, 11) is -3.91. The summed E-state index contributed by atoms with van der Waals surface area (Å²) in [6, 6.07) is 0. The van der Waals surface area contributed by atoms with Crippen LogP contribution in [-0.4, -0.2) is 37.6 Å². The largest absolute Gasteiger partial charge is 0.407 e. The molecule has 16 heavy (non-hydrogen) atoms. The van der Waals surface area contributed by atoms with Crippen LogP contribution in [0.5, 0.6) is 0 Å². The monoisotopic (exact) mass is 261 g/mol. The van der Waals surface area contributed by atoms with E-state index < -0.39 is 21.7 Å². The van der Waals surface area contributed by atoms with Crippen LogP contribution in [0.25, 0.3) is 0 Å². The van der Waals surface area contributed by atoms with Gasteiger partial charge in [0.1, 0.15) is 5.54 Å². The van der Waals surface area contributed by atoms with Gasteiger partial charge in [0.25, 0.3) is 0 Å². The molecule has 1 rings (SSSR count). The first-order valence-corrected chi connectivity index (χ1v) is 6.57. The van der Waals surface area contributed by atoms with Gasteiger partial charge in [0.05, 0.1) is 5.75 Å². The number of sulfonamides is 1. The second-order valence-electron chi connectivity index (χ2n) is 3.93. The number of hydrogen-bond acceptors (Lipinski definition) is 3. The second kappa shape index (κ2) is 4.50. The zero-order chi connectivity index (χ0) is 12.4. The minimum atomic E-state index is -4.53. The molecule has 0 radical (unpaired) electrons. The minimum Gasteiger partial charge on any atom is -0.396 e. The maximum Gasteiger partial charge on any atom is 0.407 e. The third-order valence-corrected chi connectivity index (χ3v) is 3.99. The van der Waals surface area contributed by atoms with Gasteiger partial charge in [0, 0.05) is 6.61 Å². The van der Waals surface area contributed by atoms with Crippen LogP contribution in [-0.2, 0) is 10.0 Å². The van der Waals surface area contributed by atoms with Crippen molar-refractivity contribution in [3.63, 3.8) is 0 Å². The lowest BCUT2D eigenvalue weighted by Gasteiger charge is -2.20. The van der Waals surface area contributed by atoms with Gasteiger partial charge in [0.15, 0.2) is 0 Å². The number of alkyl halides is 3. The number of nitrogens with one attached hydrogen (secondary N) is 1. The smallest absolute Gasteiger partial charge is 0.396 e. The molecule has 4 nitrogen and oxygen atoms in total. The predicted octanol–water partition coefficient (Wildman–Crippen LogP) is 0.773. The molecule has 96 valence electrons. The summed E-state index contributed by atoms with van der Waals surface area (Å²) in [4.78, 5) is 0. The SMILES string of the molecule is O=S(=O)(CCCCO)NC1(C(F)(F)F)CC1. The molecule has 0 bridgehead atoms. The van der Waals surface area contributed by atoms with Gasteiger partial charge in [-0.3, -0.25) is 0 Å². The summed E-state index contributed by atoms with van der Waals surface area (Å²) in [5, 5.41) is 8.44. The Morgan fingerprint density at radius 2 is 1.81 bits per heavy atom. The standard InChI is InChI=1S/C8H14F3NO3S/c9-8(10,11)7(3-4-7)12-16(14,15)6-2-1-5-13/h12-13H,1-6H2. The van der Waals surface area contributed by atoms with Gasteiger partial charge in [-0.15, -0.1) is 0 Å². The summed E-state index contributed by atoms with van der Waals surface area (Å²) < 4.78 is 61.7. The average molecular weight is 261 g/mol. The molecule has 2 N–H and O–H groups in total. The molecule has 0 saturated heterocycles. The average Bonchev–Trinajstić information content (AvgIpc) is 2.83. The van der Waals surface area contributed by atoms with E-state index in [1.807, 2.05) is 0 Å². The van der Waals surface area contributed by atoms with Crippen molar-refractivity contribution in [1.29, 1.82) is 0 Å². The van der Waals surface area contributed by atoms with Crippen molar-refractivity contribution in [2.24, 2.45) is 0 Å². The fourth-order valence-electron chi connectivity index (χ4n) is 1.32. The summed E-state index contributed by atoms with van der Waals surface area (Å²) in [6.45, 7) is -0.167. The van der Waals surface area contributed by atoms with Crippen LogP contribution in [0.1, 0.15) is 25.7 Å². The lowest BCUT2D eigenvalue weighted by Crippen LogP contribution is -2.48. The normalized spacial score (nSPS) is 19.8. The van der Waals surface area contributed by atoms with Crippen molar-refractivity contribution < 1.29 is 26.7 Å². The predicted molar refractivity (Wildman–Crippen MR) is 51.3 cm³/mol. The fraction of sp³-hybridized carbons (Fsp3) is 1.00. The molecule has 0 aliphatic heterocycles. The van der Waals surface area contributed by atoms with Crippen molar-refractivity contribution in [2.45, 2.75) is 37.4 Å². The number of unbranched alkanes of at least 4 members (excludes halogenated alkanes) is 1. The lowest BCUT2D eigenvalue weighted by molar-refractivity contribution is -0.160. The molecule has 0 atom stereocenters. The maximum atomic E-state index is 12.4. The Labute approximate surface area is 91.9 Å². The van der Waals surface area contributed by atoms with Gasteiger partial charge < -0.3 is 5.11 Å². The van der Waals surface area contributed by atoms with E-state index in [4.69, 9.17) is 5.11 Å². The van der Waals surface area contributed by atoms with E-state index in [1.54, 1.807) is 4.72 Å². The van der Waals surface area contributed by atoms with E-state index in [-0.39, 0.29) is 38.0 Å². The van der Waals surface area contributed by atoms with Crippen molar-refractivity contribution >= 4 is 10.0 Å². The number of halogens is 3. The second-order valence-corrected chi connectivity index (χ2v) is 5.77. The van der Waals surface area contributed by atoms with E-state index >= 15 is 0 Å². The maximum absolute atomic E-state index is 12.4. The Balaban J connectivity index is 2.54. The number of rotatable bonds is 6. The van der Waals surface area contributed by atoms with Crippen LogP contribution in [0.3, 0.4) is 0 Å². The number of hydrogen-bond donors (Lipinski definition) is 2. The van der Waals surface area contributed by atoms with Crippen molar-refractivity contribution in [1.82, 2.24) is 4.72 Å². The van der Waals surface area contributed by atoms with E-state index in [0.717, 1.165) is 0 Å². The molecule has 0 amide bonds. The molecule has 0 aromatic rings. The van der Waals surface area contributed by atoms with Gasteiger partial charge in [-0.05, 0) is 25.7 Å². The molecular weight excluding hydrogens is 247 g/mol. The Morgan fingerprint density at radius 3 is 2.19 bits per heavy atom. The van der Waals surface area contributed by atoms with E-state index in [9.17, 15) is 21.6 Å². The van der Waals surface area contributed by atoms with Gasteiger partial charge in [-0.2, -0.15) is 17.9 Å². The summed E-state index contributed by atoms with van der Waals surface area (Å²) in [6.07, 6.45) is -4.51. The van der Waals surface area contributed by atoms with Crippen LogP contribution in [0.15, 0.2) is 0 Å². The first kappa shape index (κ1) is 13.7. The van der Waals surface area contributed by atoms with Gasteiger partial charge in [-0.1, -0.05) is 0 Å². The highest BCUT2D eigenvalue weighted by Crippen LogP contribution is 2.49. The fourth-order valence-corrected chi connectivity index (χ4v) is 2.92. The van der Waals surface area contributed by atoms with Crippen LogP contribution in [0, 0.1) is 0 Å². The Bertz CT molecular complexity index is 335. The highest BCUT2D eigenvalue weighted by atomic mass is 32.2. The molecule has 0 heterocycles. The molecule has 1 fully saturated rings. The molecule has 0 aromatic carbocycles. The lowest BCUT2D eigenvalue weighted by atomic mass is 10.3. The molecule has 0 unspecified atom stereocenters. The van der Waals surface area contributed by atoms with Crippen LogP contribution in [0.4, 0.5) is 13.2 Å². The summed E-state index contributed by atoms with van der Waals surface area (Å²) in [5.74, 6) is -0.384. The molecule has 1 saturated carbocycles. The first-order valence-electron chi connectivity index (χ1n) is 4.92. The molecular formula is C8H14F3NO3S. The molecule has 8 heteroatoms. The van der Waals surface area contributed by atoms with Crippen molar-refractivity contribution in [3.05, 3.63) is 0 Å². The van der Waals surface area contributed by atoms with Gasteiger partial charge in [0.2, 0.25) is 10.0 Å². The van der Waals surface area contributed by atoms with Crippen LogP contribution in [0.2, 0.25) is 0 Å². The van der Waals surface area contributed by atoms with E-state index in [0.29, 0.717) is 0 Å². The van der Waals surface area contributed by atoms with Crippen molar-refractivity contribution in [3.8, 4) is 0 Å². The highest BCUT2D eigenvalue weighted by molar-refractivity contribution is 7.89. The number of aliphatic hydroxyl groups is 1. The third kappa shape index (κ3) is 3.33. The Morgan fingerprint density at radius 1 is 1.25 bits per heavy atom. The minimum absolute atomic E-state index is 0.153.